The van der Waals surface area contributed by atoms with Crippen LogP contribution in [-0.2, 0) is 14.3 Å². The van der Waals surface area contributed by atoms with Gasteiger partial charge in [-0.15, -0.1) is 0 Å². The van der Waals surface area contributed by atoms with Crippen molar-refractivity contribution in [1.82, 2.24) is 4.57 Å². The first kappa shape index (κ1) is 25.6. The van der Waals surface area contributed by atoms with E-state index < -0.39 is 12.0 Å². The maximum atomic E-state index is 13.8. The van der Waals surface area contributed by atoms with Gasteiger partial charge in [-0.1, -0.05) is 67.6 Å². The minimum Gasteiger partial charge on any atom is -0.496 e. The second-order valence-corrected chi connectivity index (χ2v) is 9.78. The normalized spacial score (nSPS) is 15.6. The standard InChI is InChI=1S/C28H30N2O5S/c1-17(2)20-12-10-19(11-13-20)16-23-26(31)30-25(21-8-6-7-9-22(21)34-5)24(18(3)29-28(30)36-23)27(32)35-15-14-33-4/h6-13,16-17,25H,14-15H2,1-5H3. The highest BCUT2D eigenvalue weighted by molar-refractivity contribution is 7.07. The van der Waals surface area contributed by atoms with Crippen LogP contribution in [0.5, 0.6) is 5.75 Å². The van der Waals surface area contributed by atoms with Crippen LogP contribution in [0, 0.1) is 0 Å². The third-order valence-electron chi connectivity index (χ3n) is 6.10. The molecule has 3 aromatic rings. The Bertz CT molecular complexity index is 1460. The summed E-state index contributed by atoms with van der Waals surface area (Å²) >= 11 is 1.30. The molecule has 7 nitrogen and oxygen atoms in total. The smallest absolute Gasteiger partial charge is 0.338 e. The molecule has 0 N–H and O–H groups in total. The summed E-state index contributed by atoms with van der Waals surface area (Å²) in [5, 5.41) is 0. The average molecular weight is 507 g/mol. The van der Waals surface area contributed by atoms with Crippen LogP contribution in [0.25, 0.3) is 6.08 Å². The highest BCUT2D eigenvalue weighted by atomic mass is 32.1. The zero-order valence-electron chi connectivity index (χ0n) is 21.1. The fourth-order valence-electron chi connectivity index (χ4n) is 4.19. The Morgan fingerprint density at radius 3 is 2.50 bits per heavy atom. The van der Waals surface area contributed by atoms with Gasteiger partial charge in [0.2, 0.25) is 0 Å². The molecule has 0 fully saturated rings. The van der Waals surface area contributed by atoms with Crippen LogP contribution in [-0.4, -0.2) is 38.0 Å². The Labute approximate surface area is 214 Å². The van der Waals surface area contributed by atoms with Crippen LogP contribution in [0.4, 0.5) is 0 Å². The molecule has 0 radical (unpaired) electrons. The lowest BCUT2D eigenvalue weighted by atomic mass is 9.95. The molecule has 1 unspecified atom stereocenters. The number of carbonyl (C=O) groups excluding carboxylic acids is 1. The summed E-state index contributed by atoms with van der Waals surface area (Å²) in [5.41, 5.74) is 3.42. The molecule has 0 spiro atoms. The van der Waals surface area contributed by atoms with Crippen molar-refractivity contribution in [3.63, 3.8) is 0 Å². The molecule has 0 saturated heterocycles. The number of esters is 1. The van der Waals surface area contributed by atoms with Crippen molar-refractivity contribution >= 4 is 23.4 Å². The number of carbonyl (C=O) groups is 1. The highest BCUT2D eigenvalue weighted by Crippen LogP contribution is 2.35. The minimum atomic E-state index is -0.738. The zero-order chi connectivity index (χ0) is 25.8. The lowest BCUT2D eigenvalue weighted by Crippen LogP contribution is -2.40. The van der Waals surface area contributed by atoms with Gasteiger partial charge in [0.05, 0.1) is 29.5 Å². The number of thiazole rings is 1. The van der Waals surface area contributed by atoms with Gasteiger partial charge in [0, 0.05) is 12.7 Å². The SMILES string of the molecule is COCCOC(=O)C1=C(C)N=c2sc(=Cc3ccc(C(C)C)cc3)c(=O)n2C1c1ccccc1OC. The van der Waals surface area contributed by atoms with Crippen molar-refractivity contribution in [3.8, 4) is 5.75 Å². The Morgan fingerprint density at radius 1 is 1.11 bits per heavy atom. The first-order valence-electron chi connectivity index (χ1n) is 11.8. The molecule has 36 heavy (non-hydrogen) atoms. The van der Waals surface area contributed by atoms with Crippen molar-refractivity contribution < 1.29 is 19.0 Å². The molecule has 0 aliphatic carbocycles. The summed E-state index contributed by atoms with van der Waals surface area (Å²) in [7, 11) is 3.11. The number of ether oxygens (including phenoxy) is 3. The molecule has 0 amide bonds. The van der Waals surface area contributed by atoms with E-state index in [1.165, 1.54) is 24.0 Å². The number of para-hydroxylation sites is 1. The van der Waals surface area contributed by atoms with Crippen LogP contribution in [0.2, 0.25) is 0 Å². The maximum Gasteiger partial charge on any atom is 0.338 e. The summed E-state index contributed by atoms with van der Waals surface area (Å²) < 4.78 is 18.2. The van der Waals surface area contributed by atoms with Crippen molar-refractivity contribution in [1.29, 1.82) is 0 Å². The number of allylic oxidation sites excluding steroid dienone is 1. The topological polar surface area (TPSA) is 79.1 Å². The van der Waals surface area contributed by atoms with Gasteiger partial charge in [-0.05, 0) is 36.1 Å². The zero-order valence-corrected chi connectivity index (χ0v) is 21.9. The monoisotopic (exact) mass is 506 g/mol. The molecular weight excluding hydrogens is 476 g/mol. The predicted octanol–water partition coefficient (Wildman–Crippen LogP) is 3.56. The largest absolute Gasteiger partial charge is 0.496 e. The molecule has 0 bridgehead atoms. The molecule has 1 aliphatic rings. The highest BCUT2D eigenvalue weighted by Gasteiger charge is 2.35. The van der Waals surface area contributed by atoms with Crippen LogP contribution in [0.3, 0.4) is 0 Å². The van der Waals surface area contributed by atoms with Crippen molar-refractivity contribution in [2.75, 3.05) is 27.4 Å². The Kier molecular flexibility index (Phi) is 7.86. The number of methoxy groups -OCH3 is 2. The van der Waals surface area contributed by atoms with E-state index in [4.69, 9.17) is 14.2 Å². The van der Waals surface area contributed by atoms with Crippen molar-refractivity contribution in [2.24, 2.45) is 4.99 Å². The van der Waals surface area contributed by atoms with Gasteiger partial charge in [-0.3, -0.25) is 9.36 Å². The number of rotatable bonds is 8. The van der Waals surface area contributed by atoms with E-state index >= 15 is 0 Å². The van der Waals surface area contributed by atoms with E-state index in [0.29, 0.717) is 37.8 Å². The summed E-state index contributed by atoms with van der Waals surface area (Å²) in [6.07, 6.45) is 1.86. The van der Waals surface area contributed by atoms with Gasteiger partial charge in [-0.25, -0.2) is 9.79 Å². The quantitative estimate of drug-likeness (QED) is 0.345. The van der Waals surface area contributed by atoms with Crippen molar-refractivity contribution in [2.45, 2.75) is 32.7 Å². The van der Waals surface area contributed by atoms with E-state index in [1.54, 1.807) is 18.6 Å². The van der Waals surface area contributed by atoms with E-state index in [1.807, 2.05) is 42.5 Å². The van der Waals surface area contributed by atoms with Gasteiger partial charge >= 0.3 is 5.97 Å². The number of hydrogen-bond acceptors (Lipinski definition) is 7. The molecule has 2 heterocycles. The lowest BCUT2D eigenvalue weighted by Gasteiger charge is -2.26. The molecule has 1 aromatic heterocycles. The van der Waals surface area contributed by atoms with Crippen LogP contribution >= 0.6 is 11.3 Å². The van der Waals surface area contributed by atoms with E-state index in [0.717, 1.165) is 5.56 Å². The van der Waals surface area contributed by atoms with Gasteiger partial charge < -0.3 is 14.2 Å². The minimum absolute atomic E-state index is 0.0988. The second-order valence-electron chi connectivity index (χ2n) is 8.77. The molecule has 188 valence electrons. The number of nitrogens with zero attached hydrogens (tertiary/aromatic N) is 2. The van der Waals surface area contributed by atoms with E-state index in [2.05, 4.69) is 31.0 Å². The molecule has 0 saturated carbocycles. The third kappa shape index (κ3) is 5.05. The van der Waals surface area contributed by atoms with E-state index in [-0.39, 0.29) is 18.8 Å². The van der Waals surface area contributed by atoms with Crippen LogP contribution in [0.1, 0.15) is 49.4 Å². The summed E-state index contributed by atoms with van der Waals surface area (Å²) in [5.74, 6) is 0.455. The number of benzene rings is 2. The average Bonchev–Trinajstić information content (AvgIpc) is 3.17. The summed E-state index contributed by atoms with van der Waals surface area (Å²) in [6, 6.07) is 14.8. The first-order valence-corrected chi connectivity index (χ1v) is 12.6. The molecule has 4 rings (SSSR count). The first-order chi connectivity index (χ1) is 17.3. The van der Waals surface area contributed by atoms with Gasteiger partial charge in [0.15, 0.2) is 4.80 Å². The summed E-state index contributed by atoms with van der Waals surface area (Å²) in [6.45, 7) is 6.42. The fourth-order valence-corrected chi connectivity index (χ4v) is 5.24. The van der Waals surface area contributed by atoms with E-state index in [9.17, 15) is 9.59 Å². The van der Waals surface area contributed by atoms with Gasteiger partial charge in [-0.2, -0.15) is 0 Å². The number of fused-ring (bicyclic) bond motifs is 1. The lowest BCUT2D eigenvalue weighted by molar-refractivity contribution is -0.140. The van der Waals surface area contributed by atoms with Crippen LogP contribution in [0.15, 0.2) is 69.6 Å². The second kappa shape index (κ2) is 11.1. The number of aromatic nitrogens is 1. The summed E-state index contributed by atoms with van der Waals surface area (Å²) in [4.78, 5) is 32.1. The number of hydrogen-bond donors (Lipinski definition) is 0. The fraction of sp³-hybridized carbons (Fsp3) is 0.321. The Morgan fingerprint density at radius 2 is 1.83 bits per heavy atom. The van der Waals surface area contributed by atoms with Crippen molar-refractivity contribution in [3.05, 3.63) is 96.2 Å². The molecule has 1 aliphatic heterocycles. The van der Waals surface area contributed by atoms with Gasteiger partial charge in [0.1, 0.15) is 18.4 Å². The molecule has 8 heteroatoms. The molecule has 1 atom stereocenters. The predicted molar refractivity (Wildman–Crippen MR) is 140 cm³/mol. The molecule has 2 aromatic carbocycles. The molecular formula is C28H30N2O5S. The Balaban J connectivity index is 1.88. The third-order valence-corrected chi connectivity index (χ3v) is 7.08. The van der Waals surface area contributed by atoms with Crippen LogP contribution < -0.4 is 19.6 Å². The van der Waals surface area contributed by atoms with Gasteiger partial charge in [0.25, 0.3) is 5.56 Å². The maximum absolute atomic E-state index is 13.8. The Hall–Kier alpha value is -3.49.